The maximum Gasteiger partial charge on any atom is 0.236 e. The molecule has 7 heteroatoms. The van der Waals surface area contributed by atoms with E-state index in [9.17, 15) is 9.59 Å². The first-order valence-corrected chi connectivity index (χ1v) is 10.2. The molecule has 138 valence electrons. The maximum atomic E-state index is 12.7. The van der Waals surface area contributed by atoms with Crippen molar-refractivity contribution in [1.29, 1.82) is 0 Å². The molecule has 1 aliphatic heterocycles. The first-order valence-electron chi connectivity index (χ1n) is 9.27. The Labute approximate surface area is 153 Å². The summed E-state index contributed by atoms with van der Waals surface area (Å²) >= 11 is 1.45. The Balaban J connectivity index is 1.60. The van der Waals surface area contributed by atoms with E-state index in [4.69, 9.17) is 0 Å². The van der Waals surface area contributed by atoms with Crippen molar-refractivity contribution in [2.75, 3.05) is 25.5 Å². The molecular weight excluding hydrogens is 336 g/mol. The van der Waals surface area contributed by atoms with Gasteiger partial charge in [0.15, 0.2) is 5.13 Å². The maximum absolute atomic E-state index is 12.7. The van der Waals surface area contributed by atoms with Crippen molar-refractivity contribution in [1.82, 2.24) is 14.8 Å². The SMILES string of the molecule is CC(=O)Nc1nc(C2CCCN2CC(=O)N(C)C2CCCCC2)cs1. The third kappa shape index (κ3) is 4.58. The highest BCUT2D eigenvalue weighted by atomic mass is 32.1. The Hall–Kier alpha value is -1.47. The molecule has 1 atom stereocenters. The van der Waals surface area contributed by atoms with Crippen LogP contribution >= 0.6 is 11.3 Å². The molecule has 1 saturated heterocycles. The van der Waals surface area contributed by atoms with E-state index in [2.05, 4.69) is 15.2 Å². The smallest absolute Gasteiger partial charge is 0.236 e. The van der Waals surface area contributed by atoms with Gasteiger partial charge in [-0.15, -0.1) is 11.3 Å². The summed E-state index contributed by atoms with van der Waals surface area (Å²) in [5.41, 5.74) is 0.972. The molecule has 1 saturated carbocycles. The van der Waals surface area contributed by atoms with Gasteiger partial charge in [-0.25, -0.2) is 4.98 Å². The van der Waals surface area contributed by atoms with Gasteiger partial charge < -0.3 is 10.2 Å². The molecule has 2 amide bonds. The number of likely N-dealkylation sites (tertiary alicyclic amines) is 1. The zero-order valence-corrected chi connectivity index (χ0v) is 16.0. The summed E-state index contributed by atoms with van der Waals surface area (Å²) in [6, 6.07) is 0.593. The minimum absolute atomic E-state index is 0.103. The molecule has 1 N–H and O–H groups in total. The highest BCUT2D eigenvalue weighted by Gasteiger charge is 2.31. The molecule has 6 nitrogen and oxygen atoms in total. The Kier molecular flexibility index (Phi) is 6.06. The van der Waals surface area contributed by atoms with Crippen molar-refractivity contribution >= 4 is 28.3 Å². The second kappa shape index (κ2) is 8.27. The number of hydrogen-bond acceptors (Lipinski definition) is 5. The number of anilines is 1. The highest BCUT2D eigenvalue weighted by molar-refractivity contribution is 7.13. The normalized spacial score (nSPS) is 22.1. The van der Waals surface area contributed by atoms with E-state index in [1.165, 1.54) is 37.5 Å². The molecule has 0 aromatic carbocycles. The van der Waals surface area contributed by atoms with Gasteiger partial charge >= 0.3 is 0 Å². The van der Waals surface area contributed by atoms with Crippen LogP contribution in [0.15, 0.2) is 5.38 Å². The number of likely N-dealkylation sites (N-methyl/N-ethyl adjacent to an activating group) is 1. The number of hydrogen-bond donors (Lipinski definition) is 1. The Morgan fingerprint density at radius 1 is 1.28 bits per heavy atom. The van der Waals surface area contributed by atoms with Crippen LogP contribution in [-0.2, 0) is 9.59 Å². The second-order valence-electron chi connectivity index (χ2n) is 7.18. The lowest BCUT2D eigenvalue weighted by Crippen LogP contribution is -2.44. The van der Waals surface area contributed by atoms with Crippen LogP contribution in [0.2, 0.25) is 0 Å². The van der Waals surface area contributed by atoms with Crippen LogP contribution in [0.5, 0.6) is 0 Å². The summed E-state index contributed by atoms with van der Waals surface area (Å²) in [6.07, 6.45) is 8.14. The Bertz CT molecular complexity index is 612. The van der Waals surface area contributed by atoms with Crippen LogP contribution in [0.4, 0.5) is 5.13 Å². The van der Waals surface area contributed by atoms with Crippen LogP contribution in [-0.4, -0.2) is 52.8 Å². The first-order chi connectivity index (χ1) is 12.0. The molecule has 0 bridgehead atoms. The van der Waals surface area contributed by atoms with Crippen molar-refractivity contribution in [2.45, 2.75) is 64.0 Å². The topological polar surface area (TPSA) is 65.5 Å². The number of thiazole rings is 1. The van der Waals surface area contributed by atoms with Crippen LogP contribution in [0.3, 0.4) is 0 Å². The van der Waals surface area contributed by atoms with Crippen LogP contribution in [0, 0.1) is 0 Å². The molecule has 2 heterocycles. The van der Waals surface area contributed by atoms with Gasteiger partial charge in [0.2, 0.25) is 11.8 Å². The number of nitrogens with zero attached hydrogens (tertiary/aromatic N) is 3. The minimum Gasteiger partial charge on any atom is -0.342 e. The fourth-order valence-electron chi connectivity index (χ4n) is 3.95. The zero-order chi connectivity index (χ0) is 17.8. The van der Waals surface area contributed by atoms with Crippen molar-refractivity contribution in [3.63, 3.8) is 0 Å². The van der Waals surface area contributed by atoms with Gasteiger partial charge in [0.25, 0.3) is 0 Å². The van der Waals surface area contributed by atoms with E-state index in [-0.39, 0.29) is 17.9 Å². The van der Waals surface area contributed by atoms with Gasteiger partial charge in [0.05, 0.1) is 18.3 Å². The van der Waals surface area contributed by atoms with E-state index >= 15 is 0 Å². The van der Waals surface area contributed by atoms with Crippen molar-refractivity contribution < 1.29 is 9.59 Å². The van der Waals surface area contributed by atoms with E-state index in [0.717, 1.165) is 37.9 Å². The summed E-state index contributed by atoms with van der Waals surface area (Å²) in [7, 11) is 1.96. The largest absolute Gasteiger partial charge is 0.342 e. The van der Waals surface area contributed by atoms with Gasteiger partial charge in [-0.05, 0) is 32.2 Å². The highest BCUT2D eigenvalue weighted by Crippen LogP contribution is 2.33. The number of carbonyl (C=O) groups is 2. The molecule has 3 rings (SSSR count). The van der Waals surface area contributed by atoms with Crippen LogP contribution in [0.25, 0.3) is 0 Å². The van der Waals surface area contributed by atoms with E-state index < -0.39 is 0 Å². The van der Waals surface area contributed by atoms with E-state index in [1.54, 1.807) is 0 Å². The molecule has 0 radical (unpaired) electrons. The van der Waals surface area contributed by atoms with Crippen LogP contribution in [0.1, 0.15) is 63.6 Å². The van der Waals surface area contributed by atoms with Gasteiger partial charge in [0.1, 0.15) is 0 Å². The number of nitrogens with one attached hydrogen (secondary N) is 1. The molecular formula is C18H28N4O2S. The molecule has 1 unspecified atom stereocenters. The van der Waals surface area contributed by atoms with Gasteiger partial charge in [0, 0.05) is 25.4 Å². The molecule has 1 aliphatic carbocycles. The summed E-state index contributed by atoms with van der Waals surface area (Å²) in [5.74, 6) is 0.115. The van der Waals surface area contributed by atoms with Crippen molar-refractivity contribution in [2.24, 2.45) is 0 Å². The number of rotatable bonds is 5. The predicted octanol–water partition coefficient (Wildman–Crippen LogP) is 3.03. The fourth-order valence-corrected chi connectivity index (χ4v) is 4.76. The summed E-state index contributed by atoms with van der Waals surface area (Å²) in [5, 5.41) is 5.38. The van der Waals surface area contributed by atoms with Gasteiger partial charge in [-0.1, -0.05) is 19.3 Å². The lowest BCUT2D eigenvalue weighted by molar-refractivity contribution is -0.134. The summed E-state index contributed by atoms with van der Waals surface area (Å²) in [4.78, 5) is 32.7. The summed E-state index contributed by atoms with van der Waals surface area (Å²) < 4.78 is 0. The molecule has 25 heavy (non-hydrogen) atoms. The molecule has 2 fully saturated rings. The van der Waals surface area contributed by atoms with Crippen LogP contribution < -0.4 is 5.32 Å². The predicted molar refractivity (Wildman–Crippen MR) is 99.6 cm³/mol. The van der Waals surface area contributed by atoms with Crippen molar-refractivity contribution in [3.8, 4) is 0 Å². The first kappa shape index (κ1) is 18.3. The second-order valence-corrected chi connectivity index (χ2v) is 8.04. The minimum atomic E-state index is -0.103. The van der Waals surface area contributed by atoms with Gasteiger partial charge in [-0.3, -0.25) is 14.5 Å². The third-order valence-electron chi connectivity index (χ3n) is 5.36. The van der Waals surface area contributed by atoms with E-state index in [1.807, 2.05) is 17.3 Å². The standard InChI is InChI=1S/C18H28N4O2S/c1-13(23)19-18-20-15(12-25-18)16-9-6-10-22(16)11-17(24)21(2)14-7-4-3-5-8-14/h12,14,16H,3-11H2,1-2H3,(H,19,20,23). The fraction of sp³-hybridized carbons (Fsp3) is 0.722. The quantitative estimate of drug-likeness (QED) is 0.872. The van der Waals surface area contributed by atoms with E-state index in [0.29, 0.717) is 17.7 Å². The number of amides is 2. The lowest BCUT2D eigenvalue weighted by Gasteiger charge is -2.33. The monoisotopic (exact) mass is 364 g/mol. The molecule has 2 aliphatic rings. The Morgan fingerprint density at radius 3 is 2.76 bits per heavy atom. The van der Waals surface area contributed by atoms with Gasteiger partial charge in [-0.2, -0.15) is 0 Å². The number of carbonyl (C=O) groups excluding carboxylic acids is 2. The third-order valence-corrected chi connectivity index (χ3v) is 6.14. The van der Waals surface area contributed by atoms with Crippen molar-refractivity contribution in [3.05, 3.63) is 11.1 Å². The lowest BCUT2D eigenvalue weighted by atomic mass is 9.94. The zero-order valence-electron chi connectivity index (χ0n) is 15.2. The number of aromatic nitrogens is 1. The molecule has 0 spiro atoms. The average Bonchev–Trinajstić information content (AvgIpc) is 3.23. The molecule has 1 aromatic rings. The molecule has 1 aromatic heterocycles. The average molecular weight is 365 g/mol. The Morgan fingerprint density at radius 2 is 2.04 bits per heavy atom. The summed E-state index contributed by atoms with van der Waals surface area (Å²) in [6.45, 7) is 2.88.